The molecule has 0 spiro atoms. The van der Waals surface area contributed by atoms with Crippen molar-refractivity contribution in [2.24, 2.45) is 4.99 Å². The lowest BCUT2D eigenvalue weighted by molar-refractivity contribution is 0.0737. The van der Waals surface area contributed by atoms with E-state index in [9.17, 15) is 0 Å². The van der Waals surface area contributed by atoms with Gasteiger partial charge in [0, 0.05) is 11.6 Å². The molecule has 3 heterocycles. The molecular weight excluding hydrogens is 457 g/mol. The molecule has 2 N–H and O–H groups in total. The second-order valence-corrected chi connectivity index (χ2v) is 6.38. The Morgan fingerprint density at radius 1 is 1.28 bits per heavy atom. The zero-order valence-electron chi connectivity index (χ0n) is 13.6. The highest BCUT2D eigenvalue weighted by atomic mass is 127. The maximum Gasteiger partial charge on any atom is 0.257 e. The van der Waals surface area contributed by atoms with Crippen molar-refractivity contribution in [3.63, 3.8) is 0 Å². The van der Waals surface area contributed by atoms with Crippen LogP contribution in [0.3, 0.4) is 0 Å². The third kappa shape index (κ3) is 4.06. The smallest absolute Gasteiger partial charge is 0.257 e. The Hall–Kier alpha value is -1.39. The predicted molar refractivity (Wildman–Crippen MR) is 104 cm³/mol. The Morgan fingerprint density at radius 2 is 2.08 bits per heavy atom. The first kappa shape index (κ1) is 18.4. The fourth-order valence-electron chi connectivity index (χ4n) is 3.00. The third-order valence-electron chi connectivity index (χ3n) is 4.22. The highest BCUT2D eigenvalue weighted by Gasteiger charge is 2.35. The van der Waals surface area contributed by atoms with Gasteiger partial charge in [0.25, 0.3) is 5.89 Å². The van der Waals surface area contributed by atoms with Crippen molar-refractivity contribution < 1.29 is 9.26 Å². The molecule has 1 aromatic carbocycles. The van der Waals surface area contributed by atoms with Gasteiger partial charge in [-0.2, -0.15) is 4.98 Å². The van der Waals surface area contributed by atoms with Gasteiger partial charge in [0.1, 0.15) is 0 Å². The number of aliphatic imine (C=N–C) groups is 1. The zero-order valence-corrected chi connectivity index (χ0v) is 16.7. The molecule has 1 fully saturated rings. The molecule has 0 radical (unpaired) electrons. The number of ether oxygens (including phenoxy) is 1. The lowest BCUT2D eigenvalue weighted by Crippen LogP contribution is -2.43. The van der Waals surface area contributed by atoms with Gasteiger partial charge in [-0.15, -0.1) is 24.0 Å². The van der Waals surface area contributed by atoms with Crippen LogP contribution in [0.15, 0.2) is 33.8 Å². The first-order valence-electron chi connectivity index (χ1n) is 7.94. The Bertz CT molecular complexity index is 751. The van der Waals surface area contributed by atoms with Gasteiger partial charge < -0.3 is 19.9 Å². The van der Waals surface area contributed by atoms with Gasteiger partial charge in [0.2, 0.25) is 0 Å². The van der Waals surface area contributed by atoms with Crippen LogP contribution in [0.1, 0.15) is 35.8 Å². The van der Waals surface area contributed by atoms with Crippen LogP contribution in [-0.2, 0) is 4.74 Å². The Morgan fingerprint density at radius 3 is 2.80 bits per heavy atom. The molecule has 9 heteroatoms. The number of halogens is 2. The van der Waals surface area contributed by atoms with E-state index in [1.54, 1.807) is 6.92 Å². The minimum atomic E-state index is -0.245. The molecule has 0 saturated carbocycles. The monoisotopic (exact) mass is 475 g/mol. The number of nitrogens with zero attached hydrogens (tertiary/aromatic N) is 3. The summed E-state index contributed by atoms with van der Waals surface area (Å²) in [6.45, 7) is 3.13. The van der Waals surface area contributed by atoms with E-state index in [4.69, 9.17) is 20.9 Å². The van der Waals surface area contributed by atoms with Crippen molar-refractivity contribution in [2.45, 2.75) is 31.5 Å². The first-order valence-corrected chi connectivity index (χ1v) is 8.31. The summed E-state index contributed by atoms with van der Waals surface area (Å²) in [7, 11) is 0. The van der Waals surface area contributed by atoms with E-state index in [1.165, 1.54) is 0 Å². The SMILES string of the molecule is Cc1noc([C@@H]2OCC[C@@H]2NC2=NCC(c3ccc(Cl)cc3)N2)n1.I. The molecule has 1 saturated heterocycles. The summed E-state index contributed by atoms with van der Waals surface area (Å²) in [5, 5.41) is 11.4. The number of aromatic nitrogens is 2. The van der Waals surface area contributed by atoms with Crippen LogP contribution in [-0.4, -0.2) is 35.3 Å². The highest BCUT2D eigenvalue weighted by Crippen LogP contribution is 2.28. The summed E-state index contributed by atoms with van der Waals surface area (Å²) in [6, 6.07) is 8.02. The van der Waals surface area contributed by atoms with Crippen LogP contribution in [0.2, 0.25) is 5.02 Å². The predicted octanol–water partition coefficient (Wildman–Crippen LogP) is 2.77. The van der Waals surface area contributed by atoms with Crippen LogP contribution in [0.4, 0.5) is 0 Å². The van der Waals surface area contributed by atoms with Gasteiger partial charge in [-0.25, -0.2) is 0 Å². The Kier molecular flexibility index (Phi) is 5.80. The lowest BCUT2D eigenvalue weighted by Gasteiger charge is -2.19. The number of benzene rings is 1. The fourth-order valence-corrected chi connectivity index (χ4v) is 3.12. The average molecular weight is 476 g/mol. The quantitative estimate of drug-likeness (QED) is 0.664. The van der Waals surface area contributed by atoms with Crippen molar-refractivity contribution in [1.29, 1.82) is 0 Å². The van der Waals surface area contributed by atoms with Gasteiger partial charge in [-0.3, -0.25) is 4.99 Å². The minimum absolute atomic E-state index is 0. The summed E-state index contributed by atoms with van der Waals surface area (Å²) in [6.07, 6.45) is 0.614. The van der Waals surface area contributed by atoms with E-state index >= 15 is 0 Å². The minimum Gasteiger partial charge on any atom is -0.366 e. The normalized spacial score (nSPS) is 25.2. The summed E-state index contributed by atoms with van der Waals surface area (Å²) in [5.74, 6) is 1.89. The largest absolute Gasteiger partial charge is 0.366 e. The molecule has 2 aromatic rings. The third-order valence-corrected chi connectivity index (χ3v) is 4.47. The van der Waals surface area contributed by atoms with Crippen molar-refractivity contribution in [1.82, 2.24) is 20.8 Å². The number of hydrogen-bond acceptors (Lipinski definition) is 7. The molecule has 4 rings (SSSR count). The number of aryl methyl sites for hydroxylation is 1. The second-order valence-electron chi connectivity index (χ2n) is 5.95. The summed E-state index contributed by atoms with van der Waals surface area (Å²) < 4.78 is 11.0. The highest BCUT2D eigenvalue weighted by molar-refractivity contribution is 14.0. The van der Waals surface area contributed by atoms with Crippen molar-refractivity contribution >= 4 is 41.5 Å². The number of hydrogen-bond donors (Lipinski definition) is 2. The molecule has 134 valence electrons. The maximum atomic E-state index is 5.94. The van der Waals surface area contributed by atoms with E-state index in [0.29, 0.717) is 24.9 Å². The molecule has 7 nitrogen and oxygen atoms in total. The van der Waals surface area contributed by atoms with E-state index < -0.39 is 0 Å². The topological polar surface area (TPSA) is 84.6 Å². The van der Waals surface area contributed by atoms with E-state index in [-0.39, 0.29) is 42.2 Å². The molecule has 0 amide bonds. The van der Waals surface area contributed by atoms with E-state index in [0.717, 1.165) is 23.0 Å². The van der Waals surface area contributed by atoms with E-state index in [2.05, 4.69) is 25.8 Å². The van der Waals surface area contributed by atoms with Crippen molar-refractivity contribution in [3.8, 4) is 0 Å². The molecule has 3 atom stereocenters. The van der Waals surface area contributed by atoms with E-state index in [1.807, 2.05) is 24.3 Å². The van der Waals surface area contributed by atoms with Gasteiger partial charge in [-0.1, -0.05) is 28.9 Å². The van der Waals surface area contributed by atoms with Gasteiger partial charge in [0.15, 0.2) is 17.9 Å². The van der Waals surface area contributed by atoms with Crippen LogP contribution in [0, 0.1) is 6.92 Å². The molecular formula is C16H19ClIN5O2. The van der Waals surface area contributed by atoms with Crippen molar-refractivity contribution in [2.75, 3.05) is 13.2 Å². The van der Waals surface area contributed by atoms with Gasteiger partial charge >= 0.3 is 0 Å². The van der Waals surface area contributed by atoms with Crippen LogP contribution < -0.4 is 10.6 Å². The first-order chi connectivity index (χ1) is 11.7. The standard InChI is InChI=1S/C16H18ClN5O2.HI/c1-9-19-15(24-22-9)14-12(6-7-23-14)20-16-18-8-13(21-16)10-2-4-11(17)5-3-10;/h2-5,12-14H,6-8H2,1H3,(H2,18,20,21);1H/t12-,13?,14+;/m0./s1. The molecule has 0 aliphatic carbocycles. The molecule has 1 unspecified atom stereocenters. The molecule has 25 heavy (non-hydrogen) atoms. The van der Waals surface area contributed by atoms with Crippen molar-refractivity contribution in [3.05, 3.63) is 46.6 Å². The maximum absolute atomic E-state index is 5.94. The second kappa shape index (κ2) is 7.88. The number of rotatable bonds is 3. The fraction of sp³-hybridized carbons (Fsp3) is 0.438. The van der Waals surface area contributed by atoms with Crippen LogP contribution in [0.25, 0.3) is 0 Å². The van der Waals surface area contributed by atoms with Gasteiger partial charge in [0.05, 0.1) is 18.6 Å². The molecule has 1 aromatic heterocycles. The Balaban J connectivity index is 0.00000182. The average Bonchev–Trinajstić information content (AvgIpc) is 3.30. The summed E-state index contributed by atoms with van der Waals surface area (Å²) >= 11 is 5.94. The summed E-state index contributed by atoms with van der Waals surface area (Å²) in [4.78, 5) is 8.82. The lowest BCUT2D eigenvalue weighted by atomic mass is 10.1. The Labute approximate surface area is 167 Å². The van der Waals surface area contributed by atoms with Gasteiger partial charge in [-0.05, 0) is 31.0 Å². The zero-order chi connectivity index (χ0) is 16.5. The van der Waals surface area contributed by atoms with Crippen LogP contribution in [0.5, 0.6) is 0 Å². The number of nitrogens with one attached hydrogen (secondary N) is 2. The van der Waals surface area contributed by atoms with Crippen LogP contribution >= 0.6 is 35.6 Å². The molecule has 0 bridgehead atoms. The molecule has 2 aliphatic heterocycles. The number of guanidine groups is 1. The summed E-state index contributed by atoms with van der Waals surface area (Å²) in [5.41, 5.74) is 1.16. The molecule has 2 aliphatic rings.